The molecule has 0 heterocycles. The first-order valence-electron chi connectivity index (χ1n) is 4.03. The number of phenolic OH excluding ortho intramolecular Hbond substituents is 1. The highest BCUT2D eigenvalue weighted by molar-refractivity contribution is 5.85. The molecule has 0 bridgehead atoms. The first-order chi connectivity index (χ1) is 6.60. The molecule has 0 radical (unpaired) electrons. The van der Waals surface area contributed by atoms with Crippen molar-refractivity contribution in [1.82, 2.24) is 0 Å². The zero-order valence-electron chi connectivity index (χ0n) is 8.11. The predicted octanol–water partition coefficient (Wildman–Crippen LogP) is 0.954. The van der Waals surface area contributed by atoms with Gasteiger partial charge in [-0.15, -0.1) is 12.4 Å². The molecular formula is C9H13ClFNO3. The van der Waals surface area contributed by atoms with Crippen molar-refractivity contribution in [2.75, 3.05) is 13.7 Å². The van der Waals surface area contributed by atoms with E-state index in [1.165, 1.54) is 7.11 Å². The third kappa shape index (κ3) is 2.95. The number of aliphatic hydroxyl groups is 1. The molecule has 6 heteroatoms. The van der Waals surface area contributed by atoms with Crippen LogP contribution in [-0.2, 0) is 0 Å². The lowest BCUT2D eigenvalue weighted by Gasteiger charge is -2.13. The van der Waals surface area contributed by atoms with Gasteiger partial charge in [-0.1, -0.05) is 0 Å². The van der Waals surface area contributed by atoms with Gasteiger partial charge >= 0.3 is 0 Å². The zero-order valence-corrected chi connectivity index (χ0v) is 8.92. The molecule has 0 fully saturated rings. The van der Waals surface area contributed by atoms with Crippen LogP contribution in [0.25, 0.3) is 0 Å². The molecular weight excluding hydrogens is 225 g/mol. The standard InChI is InChI=1S/C9H12FNO3.ClH/c1-14-8-3-5(10)2-6(9(8)13)7(11)4-12;/h2-3,7,12-13H,4,11H2,1H3;1H/t7-;/m1./s1. The molecule has 0 spiro atoms. The Morgan fingerprint density at radius 2 is 2.13 bits per heavy atom. The van der Waals surface area contributed by atoms with Gasteiger partial charge in [0.25, 0.3) is 0 Å². The number of methoxy groups -OCH3 is 1. The number of benzene rings is 1. The molecule has 0 unspecified atom stereocenters. The normalized spacial score (nSPS) is 11.7. The Morgan fingerprint density at radius 1 is 1.53 bits per heavy atom. The molecule has 1 aromatic carbocycles. The molecule has 1 aromatic rings. The number of aliphatic hydroxyl groups excluding tert-OH is 1. The van der Waals surface area contributed by atoms with Crippen molar-refractivity contribution in [2.24, 2.45) is 5.73 Å². The van der Waals surface area contributed by atoms with Crippen LogP contribution in [-0.4, -0.2) is 23.9 Å². The van der Waals surface area contributed by atoms with Crippen LogP contribution in [0, 0.1) is 5.82 Å². The summed E-state index contributed by atoms with van der Waals surface area (Å²) in [5.41, 5.74) is 5.58. The van der Waals surface area contributed by atoms with Crippen LogP contribution < -0.4 is 10.5 Å². The van der Waals surface area contributed by atoms with Gasteiger partial charge in [0, 0.05) is 11.6 Å². The molecule has 0 aromatic heterocycles. The monoisotopic (exact) mass is 237 g/mol. The molecule has 0 aliphatic carbocycles. The third-order valence-electron chi connectivity index (χ3n) is 1.89. The summed E-state index contributed by atoms with van der Waals surface area (Å²) in [6.07, 6.45) is 0. The number of nitrogens with two attached hydrogens (primary N) is 1. The van der Waals surface area contributed by atoms with Crippen molar-refractivity contribution in [1.29, 1.82) is 0 Å². The van der Waals surface area contributed by atoms with Crippen LogP contribution in [0.3, 0.4) is 0 Å². The molecule has 0 aliphatic heterocycles. The van der Waals surface area contributed by atoms with Gasteiger partial charge in [0.15, 0.2) is 11.5 Å². The zero-order chi connectivity index (χ0) is 10.7. The fourth-order valence-electron chi connectivity index (χ4n) is 1.13. The minimum absolute atomic E-state index is 0. The van der Waals surface area contributed by atoms with Crippen molar-refractivity contribution < 1.29 is 19.3 Å². The topological polar surface area (TPSA) is 75.7 Å². The summed E-state index contributed by atoms with van der Waals surface area (Å²) in [6, 6.07) is 1.29. The summed E-state index contributed by atoms with van der Waals surface area (Å²) in [7, 11) is 1.31. The van der Waals surface area contributed by atoms with Gasteiger partial charge in [-0.05, 0) is 6.07 Å². The van der Waals surface area contributed by atoms with E-state index in [4.69, 9.17) is 15.6 Å². The minimum atomic E-state index is -0.820. The Kier molecular flexibility index (Phi) is 5.35. The summed E-state index contributed by atoms with van der Waals surface area (Å²) < 4.78 is 17.7. The fraction of sp³-hybridized carbons (Fsp3) is 0.333. The molecule has 0 saturated carbocycles. The predicted molar refractivity (Wildman–Crippen MR) is 55.9 cm³/mol. The molecule has 15 heavy (non-hydrogen) atoms. The van der Waals surface area contributed by atoms with E-state index < -0.39 is 11.9 Å². The van der Waals surface area contributed by atoms with Crippen molar-refractivity contribution in [2.45, 2.75) is 6.04 Å². The Bertz CT molecular complexity index is 335. The van der Waals surface area contributed by atoms with E-state index >= 15 is 0 Å². The van der Waals surface area contributed by atoms with Crippen LogP contribution in [0.5, 0.6) is 11.5 Å². The Labute approximate surface area is 92.9 Å². The maximum Gasteiger partial charge on any atom is 0.163 e. The van der Waals surface area contributed by atoms with Crippen molar-refractivity contribution >= 4 is 12.4 Å². The van der Waals surface area contributed by atoms with Crippen LogP contribution >= 0.6 is 12.4 Å². The SMILES string of the molecule is COc1cc(F)cc([C@H](N)CO)c1O.Cl. The maximum atomic E-state index is 13.0. The van der Waals surface area contributed by atoms with E-state index in [1.807, 2.05) is 0 Å². The average Bonchev–Trinajstić information content (AvgIpc) is 2.19. The number of hydrogen-bond acceptors (Lipinski definition) is 4. The lowest BCUT2D eigenvalue weighted by atomic mass is 10.1. The van der Waals surface area contributed by atoms with Gasteiger partial charge in [0.1, 0.15) is 5.82 Å². The Hall–Kier alpha value is -1.04. The number of phenols is 1. The summed E-state index contributed by atoms with van der Waals surface area (Å²) in [5.74, 6) is -0.807. The van der Waals surface area contributed by atoms with E-state index in [-0.39, 0.29) is 36.1 Å². The number of ether oxygens (including phenoxy) is 1. The third-order valence-corrected chi connectivity index (χ3v) is 1.89. The molecule has 4 N–H and O–H groups in total. The van der Waals surface area contributed by atoms with Crippen molar-refractivity contribution in [3.63, 3.8) is 0 Å². The Balaban J connectivity index is 0.00000196. The second-order valence-electron chi connectivity index (χ2n) is 2.83. The van der Waals surface area contributed by atoms with Gasteiger partial charge in [-0.25, -0.2) is 4.39 Å². The molecule has 0 saturated heterocycles. The van der Waals surface area contributed by atoms with Gasteiger partial charge in [-0.3, -0.25) is 0 Å². The van der Waals surface area contributed by atoms with Gasteiger partial charge in [0.05, 0.1) is 19.8 Å². The number of hydrogen-bond donors (Lipinski definition) is 3. The Morgan fingerprint density at radius 3 is 2.60 bits per heavy atom. The molecule has 4 nitrogen and oxygen atoms in total. The van der Waals surface area contributed by atoms with Gasteiger partial charge < -0.3 is 20.7 Å². The first kappa shape index (κ1) is 14.0. The first-order valence-corrected chi connectivity index (χ1v) is 4.03. The highest BCUT2D eigenvalue weighted by Gasteiger charge is 2.15. The number of halogens is 2. The summed E-state index contributed by atoms with van der Waals surface area (Å²) in [5, 5.41) is 18.3. The molecule has 0 aliphatic rings. The summed E-state index contributed by atoms with van der Waals surface area (Å²) in [6.45, 7) is -0.375. The minimum Gasteiger partial charge on any atom is -0.504 e. The lowest BCUT2D eigenvalue weighted by Crippen LogP contribution is -2.15. The highest BCUT2D eigenvalue weighted by atomic mass is 35.5. The van der Waals surface area contributed by atoms with Crippen LogP contribution in [0.15, 0.2) is 12.1 Å². The summed E-state index contributed by atoms with van der Waals surface area (Å²) >= 11 is 0. The largest absolute Gasteiger partial charge is 0.504 e. The molecule has 1 atom stereocenters. The number of aromatic hydroxyl groups is 1. The van der Waals surface area contributed by atoms with Crippen LogP contribution in [0.1, 0.15) is 11.6 Å². The van der Waals surface area contributed by atoms with E-state index in [2.05, 4.69) is 0 Å². The molecule has 1 rings (SSSR count). The summed E-state index contributed by atoms with van der Waals surface area (Å²) in [4.78, 5) is 0. The van der Waals surface area contributed by atoms with Gasteiger partial charge in [0.2, 0.25) is 0 Å². The van der Waals surface area contributed by atoms with Crippen molar-refractivity contribution in [3.8, 4) is 11.5 Å². The maximum absolute atomic E-state index is 13.0. The van der Waals surface area contributed by atoms with Crippen LogP contribution in [0.4, 0.5) is 4.39 Å². The highest BCUT2D eigenvalue weighted by Crippen LogP contribution is 2.33. The fourth-order valence-corrected chi connectivity index (χ4v) is 1.13. The average molecular weight is 238 g/mol. The van der Waals surface area contributed by atoms with E-state index in [0.29, 0.717) is 0 Å². The second-order valence-corrected chi connectivity index (χ2v) is 2.83. The quantitative estimate of drug-likeness (QED) is 0.732. The van der Waals surface area contributed by atoms with E-state index in [9.17, 15) is 9.50 Å². The smallest absolute Gasteiger partial charge is 0.163 e. The van der Waals surface area contributed by atoms with Gasteiger partial charge in [-0.2, -0.15) is 0 Å². The second kappa shape index (κ2) is 5.75. The van der Waals surface area contributed by atoms with Crippen molar-refractivity contribution in [3.05, 3.63) is 23.5 Å². The van der Waals surface area contributed by atoms with E-state index in [0.717, 1.165) is 12.1 Å². The van der Waals surface area contributed by atoms with Crippen LogP contribution in [0.2, 0.25) is 0 Å². The lowest BCUT2D eigenvalue weighted by molar-refractivity contribution is 0.263. The molecule has 0 amide bonds. The number of rotatable bonds is 3. The van der Waals surface area contributed by atoms with E-state index in [1.54, 1.807) is 0 Å². The molecule has 86 valence electrons.